The van der Waals surface area contributed by atoms with Crippen LogP contribution in [0.25, 0.3) is 10.9 Å². The molecule has 2 heterocycles. The van der Waals surface area contributed by atoms with Gasteiger partial charge in [-0.05, 0) is 41.8 Å². The van der Waals surface area contributed by atoms with Crippen molar-refractivity contribution in [2.75, 3.05) is 6.79 Å². The summed E-state index contributed by atoms with van der Waals surface area (Å²) in [4.78, 5) is 13.2. The molecule has 0 fully saturated rings. The van der Waals surface area contributed by atoms with Gasteiger partial charge in [-0.1, -0.05) is 54.6 Å². The summed E-state index contributed by atoms with van der Waals surface area (Å²) >= 11 is 0. The van der Waals surface area contributed by atoms with Gasteiger partial charge in [0.05, 0.1) is 6.04 Å². The van der Waals surface area contributed by atoms with Gasteiger partial charge in [-0.3, -0.25) is 4.79 Å². The molecule has 0 saturated carbocycles. The third kappa shape index (κ3) is 3.82. The first-order valence-corrected chi connectivity index (χ1v) is 10.9. The normalized spacial score (nSPS) is 14.3. The summed E-state index contributed by atoms with van der Waals surface area (Å²) in [6.45, 7) is 2.24. The van der Waals surface area contributed by atoms with Crippen molar-refractivity contribution in [3.63, 3.8) is 0 Å². The Labute approximate surface area is 187 Å². The van der Waals surface area contributed by atoms with Crippen molar-refractivity contribution in [3.8, 4) is 11.5 Å². The standard InChI is InChI=1S/C27H26N2O3/c1-18(19-8-4-3-5-9-19)28-27(30)15-22(20-12-13-25-26(14-20)32-17-31-25)23-16-29(2)24-11-7-6-10-21(23)24/h3-14,16,18,22H,15,17H2,1-2H3,(H,28,30)/t18-,22-/m1/s1. The molecule has 1 aromatic heterocycles. The van der Waals surface area contributed by atoms with Gasteiger partial charge in [0.15, 0.2) is 11.5 Å². The molecular weight excluding hydrogens is 400 g/mol. The third-order valence-corrected chi connectivity index (χ3v) is 6.17. The van der Waals surface area contributed by atoms with Crippen LogP contribution >= 0.6 is 0 Å². The van der Waals surface area contributed by atoms with E-state index in [0.29, 0.717) is 6.42 Å². The maximum absolute atomic E-state index is 13.2. The molecule has 0 spiro atoms. The van der Waals surface area contributed by atoms with E-state index in [1.54, 1.807) is 0 Å². The number of benzene rings is 3. The van der Waals surface area contributed by atoms with E-state index in [0.717, 1.165) is 39.1 Å². The number of hydrogen-bond donors (Lipinski definition) is 1. The zero-order valence-corrected chi connectivity index (χ0v) is 18.2. The van der Waals surface area contributed by atoms with Gasteiger partial charge < -0.3 is 19.4 Å². The van der Waals surface area contributed by atoms with Gasteiger partial charge in [0.2, 0.25) is 12.7 Å². The van der Waals surface area contributed by atoms with E-state index < -0.39 is 0 Å². The summed E-state index contributed by atoms with van der Waals surface area (Å²) < 4.78 is 13.2. The maximum Gasteiger partial charge on any atom is 0.231 e. The van der Waals surface area contributed by atoms with Gasteiger partial charge in [0.1, 0.15) is 0 Å². The quantitative estimate of drug-likeness (QED) is 0.455. The van der Waals surface area contributed by atoms with Crippen LogP contribution in [-0.4, -0.2) is 17.3 Å². The number of aromatic nitrogens is 1. The lowest BCUT2D eigenvalue weighted by Crippen LogP contribution is -2.28. The molecule has 3 aromatic carbocycles. The molecule has 0 saturated heterocycles. The monoisotopic (exact) mass is 426 g/mol. The lowest BCUT2D eigenvalue weighted by atomic mass is 9.87. The van der Waals surface area contributed by atoms with Crippen LogP contribution in [0.1, 0.15) is 42.0 Å². The lowest BCUT2D eigenvalue weighted by Gasteiger charge is -2.20. The molecule has 32 heavy (non-hydrogen) atoms. The van der Waals surface area contributed by atoms with E-state index in [1.807, 2.05) is 74.6 Å². The zero-order chi connectivity index (χ0) is 22.1. The maximum atomic E-state index is 13.2. The number of rotatable bonds is 6. The fourth-order valence-corrected chi connectivity index (χ4v) is 4.50. The molecule has 0 radical (unpaired) electrons. The van der Waals surface area contributed by atoms with E-state index in [9.17, 15) is 4.79 Å². The number of nitrogens with one attached hydrogen (secondary N) is 1. The van der Waals surface area contributed by atoms with Crippen LogP contribution in [-0.2, 0) is 11.8 Å². The second-order valence-corrected chi connectivity index (χ2v) is 8.28. The van der Waals surface area contributed by atoms with Gasteiger partial charge >= 0.3 is 0 Å². The third-order valence-electron chi connectivity index (χ3n) is 6.17. The smallest absolute Gasteiger partial charge is 0.231 e. The Kier molecular flexibility index (Phi) is 5.31. The van der Waals surface area contributed by atoms with Crippen LogP contribution in [0.4, 0.5) is 0 Å². The molecule has 1 amide bonds. The van der Waals surface area contributed by atoms with E-state index in [-0.39, 0.29) is 24.7 Å². The van der Waals surface area contributed by atoms with Crippen LogP contribution in [0, 0.1) is 0 Å². The molecule has 5 heteroatoms. The molecule has 4 aromatic rings. The number of amides is 1. The number of para-hydroxylation sites is 1. The fraction of sp³-hybridized carbons (Fsp3) is 0.222. The van der Waals surface area contributed by atoms with Crippen LogP contribution in [0.15, 0.2) is 79.0 Å². The van der Waals surface area contributed by atoms with Gasteiger partial charge in [-0.2, -0.15) is 0 Å². The minimum absolute atomic E-state index is 0.0111. The average molecular weight is 427 g/mol. The van der Waals surface area contributed by atoms with Crippen molar-refractivity contribution in [1.29, 1.82) is 0 Å². The van der Waals surface area contributed by atoms with Crippen molar-refractivity contribution in [2.24, 2.45) is 7.05 Å². The number of nitrogens with zero attached hydrogens (tertiary/aromatic N) is 1. The number of ether oxygens (including phenoxy) is 2. The molecule has 0 unspecified atom stereocenters. The molecule has 1 aliphatic rings. The summed E-state index contributed by atoms with van der Waals surface area (Å²) in [7, 11) is 2.04. The predicted octanol–water partition coefficient (Wildman–Crippen LogP) is 5.31. The Balaban J connectivity index is 1.49. The summed E-state index contributed by atoms with van der Waals surface area (Å²) in [6, 6.07) is 24.2. The van der Waals surface area contributed by atoms with Crippen LogP contribution in [0.5, 0.6) is 11.5 Å². The summed E-state index contributed by atoms with van der Waals surface area (Å²) in [6.07, 6.45) is 2.47. The molecule has 1 aliphatic heterocycles. The van der Waals surface area contributed by atoms with Crippen LogP contribution < -0.4 is 14.8 Å². The Morgan fingerprint density at radius 2 is 1.72 bits per heavy atom. The molecule has 5 nitrogen and oxygen atoms in total. The Morgan fingerprint density at radius 1 is 0.969 bits per heavy atom. The lowest BCUT2D eigenvalue weighted by molar-refractivity contribution is -0.121. The van der Waals surface area contributed by atoms with Crippen LogP contribution in [0.2, 0.25) is 0 Å². The second kappa shape index (κ2) is 8.42. The molecule has 1 N–H and O–H groups in total. The van der Waals surface area contributed by atoms with E-state index >= 15 is 0 Å². The second-order valence-electron chi connectivity index (χ2n) is 8.28. The SMILES string of the molecule is C[C@@H](NC(=O)C[C@H](c1ccc2c(c1)OCO2)c1cn(C)c2ccccc12)c1ccccc1. The van der Waals surface area contributed by atoms with Gasteiger partial charge in [-0.15, -0.1) is 0 Å². The molecule has 0 aliphatic carbocycles. The number of fused-ring (bicyclic) bond motifs is 2. The largest absolute Gasteiger partial charge is 0.454 e. The van der Waals surface area contributed by atoms with Crippen molar-refractivity contribution in [3.05, 3.63) is 95.7 Å². The van der Waals surface area contributed by atoms with Gasteiger partial charge in [0.25, 0.3) is 0 Å². The molecular formula is C27H26N2O3. The van der Waals surface area contributed by atoms with E-state index in [2.05, 4.69) is 28.2 Å². The minimum atomic E-state index is -0.112. The van der Waals surface area contributed by atoms with Gasteiger partial charge in [0, 0.05) is 36.5 Å². The topological polar surface area (TPSA) is 52.5 Å². The van der Waals surface area contributed by atoms with Crippen molar-refractivity contribution in [1.82, 2.24) is 9.88 Å². The number of aryl methyl sites for hydroxylation is 1. The summed E-state index contributed by atoms with van der Waals surface area (Å²) in [5.41, 5.74) is 4.40. The van der Waals surface area contributed by atoms with Crippen LogP contribution in [0.3, 0.4) is 0 Å². The highest BCUT2D eigenvalue weighted by Crippen LogP contribution is 2.40. The highest BCUT2D eigenvalue weighted by molar-refractivity contribution is 5.86. The van der Waals surface area contributed by atoms with Crippen molar-refractivity contribution in [2.45, 2.75) is 25.3 Å². The first-order chi connectivity index (χ1) is 15.6. The highest BCUT2D eigenvalue weighted by Gasteiger charge is 2.25. The number of carbonyl (C=O) groups is 1. The van der Waals surface area contributed by atoms with E-state index in [1.165, 1.54) is 0 Å². The Morgan fingerprint density at radius 3 is 2.56 bits per heavy atom. The Bertz CT molecular complexity index is 1260. The van der Waals surface area contributed by atoms with Crippen molar-refractivity contribution < 1.29 is 14.3 Å². The summed E-state index contributed by atoms with van der Waals surface area (Å²) in [5, 5.41) is 4.33. The molecule has 162 valence electrons. The number of hydrogen-bond acceptors (Lipinski definition) is 3. The van der Waals surface area contributed by atoms with Crippen molar-refractivity contribution >= 4 is 16.8 Å². The van der Waals surface area contributed by atoms with Gasteiger partial charge in [-0.25, -0.2) is 0 Å². The minimum Gasteiger partial charge on any atom is -0.454 e. The van der Waals surface area contributed by atoms with E-state index in [4.69, 9.17) is 9.47 Å². The Hall–Kier alpha value is -3.73. The summed E-state index contributed by atoms with van der Waals surface area (Å²) in [5.74, 6) is 1.37. The number of carbonyl (C=O) groups excluding carboxylic acids is 1. The average Bonchev–Trinajstić information content (AvgIpc) is 3.42. The predicted molar refractivity (Wildman–Crippen MR) is 125 cm³/mol. The fourth-order valence-electron chi connectivity index (χ4n) is 4.50. The highest BCUT2D eigenvalue weighted by atomic mass is 16.7. The zero-order valence-electron chi connectivity index (χ0n) is 18.2. The molecule has 5 rings (SSSR count). The first kappa shape index (κ1) is 20.2. The molecule has 0 bridgehead atoms. The first-order valence-electron chi connectivity index (χ1n) is 10.9. The molecule has 2 atom stereocenters.